The third-order valence-electron chi connectivity index (χ3n) is 6.02. The fourth-order valence-corrected chi connectivity index (χ4v) is 5.01. The molecule has 200 valence electrons. The van der Waals surface area contributed by atoms with Gasteiger partial charge in [-0.25, -0.2) is 14.3 Å². The van der Waals surface area contributed by atoms with Crippen molar-refractivity contribution >= 4 is 39.7 Å². The van der Waals surface area contributed by atoms with Crippen molar-refractivity contribution in [2.45, 2.75) is 0 Å². The number of benzene rings is 1. The van der Waals surface area contributed by atoms with Crippen LogP contribution in [0.5, 0.6) is 5.75 Å². The van der Waals surface area contributed by atoms with Crippen molar-refractivity contribution in [2.24, 2.45) is 0 Å². The number of thiazole rings is 1. The lowest BCUT2D eigenvalue weighted by Gasteiger charge is -2.30. The molecule has 1 aliphatic rings. The Bertz CT molecular complexity index is 1440. The first-order chi connectivity index (χ1) is 18.7. The molecule has 1 saturated heterocycles. The Morgan fingerprint density at radius 3 is 2.84 bits per heavy atom. The van der Waals surface area contributed by atoms with Crippen molar-refractivity contribution in [1.82, 2.24) is 24.8 Å². The number of amides is 1. The van der Waals surface area contributed by atoms with E-state index < -0.39 is 0 Å². The molecule has 3 aromatic heterocycles. The minimum absolute atomic E-state index is 0.210. The van der Waals surface area contributed by atoms with E-state index in [1.165, 1.54) is 15.9 Å². The van der Waals surface area contributed by atoms with Gasteiger partial charge in [0, 0.05) is 44.9 Å². The number of hydrogen-bond donors (Lipinski definition) is 3. The summed E-state index contributed by atoms with van der Waals surface area (Å²) >= 11 is 1.21. The zero-order valence-corrected chi connectivity index (χ0v) is 21.8. The van der Waals surface area contributed by atoms with Crippen LogP contribution in [0.4, 0.5) is 11.4 Å². The molecule has 4 heterocycles. The normalized spacial score (nSPS) is 13.7. The third kappa shape index (κ3) is 5.70. The van der Waals surface area contributed by atoms with Crippen LogP contribution in [-0.2, 0) is 9.47 Å². The maximum atomic E-state index is 13.1. The molecular formula is C25H29N7O5S. The molecule has 0 unspecified atom stereocenters. The molecule has 1 aliphatic heterocycles. The second-order valence-corrected chi connectivity index (χ2v) is 9.31. The molecule has 5 rings (SSSR count). The standard InChI is InChI=1S/C25H29N7O5S/c1-35-11-12-36-13-14-37-21-4-2-3-20-22(21)30-24(34)32(20)25-29-18(16-38-25)23(33)28-17-15-27-6-5-19(17)31-9-7-26-8-10-31/h2-6,15-16,26H,7-14H2,1H3,(H,28,33)(H,30,34). The van der Waals surface area contributed by atoms with Gasteiger partial charge in [-0.05, 0) is 18.2 Å². The highest BCUT2D eigenvalue weighted by atomic mass is 32.1. The van der Waals surface area contributed by atoms with Crippen LogP contribution < -0.4 is 26.0 Å². The number of piperazine rings is 1. The molecule has 0 spiro atoms. The van der Waals surface area contributed by atoms with E-state index in [1.807, 2.05) is 6.07 Å². The van der Waals surface area contributed by atoms with E-state index in [2.05, 4.69) is 30.5 Å². The number of imidazole rings is 1. The van der Waals surface area contributed by atoms with Crippen LogP contribution in [-0.4, -0.2) is 85.1 Å². The summed E-state index contributed by atoms with van der Waals surface area (Å²) in [4.78, 5) is 39.7. The number of fused-ring (bicyclic) bond motifs is 1. The summed E-state index contributed by atoms with van der Waals surface area (Å²) in [7, 11) is 1.62. The number of aromatic amines is 1. The van der Waals surface area contributed by atoms with E-state index >= 15 is 0 Å². The molecule has 13 heteroatoms. The maximum Gasteiger partial charge on any atom is 0.333 e. The van der Waals surface area contributed by atoms with Gasteiger partial charge in [-0.1, -0.05) is 6.07 Å². The van der Waals surface area contributed by atoms with Crippen molar-refractivity contribution in [1.29, 1.82) is 0 Å². The number of H-pyrrole nitrogens is 1. The highest BCUT2D eigenvalue weighted by Gasteiger charge is 2.20. The van der Waals surface area contributed by atoms with E-state index in [1.54, 1.807) is 43.1 Å². The molecule has 1 fully saturated rings. The molecule has 4 aromatic rings. The third-order valence-corrected chi connectivity index (χ3v) is 6.84. The minimum atomic E-state index is -0.373. The van der Waals surface area contributed by atoms with Gasteiger partial charge < -0.3 is 34.7 Å². The quantitative estimate of drug-likeness (QED) is 0.244. The van der Waals surface area contributed by atoms with Crippen molar-refractivity contribution in [2.75, 3.05) is 69.9 Å². The molecule has 3 N–H and O–H groups in total. The molecule has 0 atom stereocenters. The van der Waals surface area contributed by atoms with Gasteiger partial charge in [0.05, 0.1) is 42.9 Å². The number of hydrogen-bond acceptors (Lipinski definition) is 10. The number of para-hydroxylation sites is 1. The maximum absolute atomic E-state index is 13.1. The Balaban J connectivity index is 1.32. The topological polar surface area (TPSA) is 136 Å². The minimum Gasteiger partial charge on any atom is -0.489 e. The first kappa shape index (κ1) is 25.9. The number of rotatable bonds is 11. The fourth-order valence-electron chi connectivity index (χ4n) is 4.19. The van der Waals surface area contributed by atoms with Crippen LogP contribution in [0.1, 0.15) is 10.5 Å². The predicted octanol–water partition coefficient (Wildman–Crippen LogP) is 1.87. The summed E-state index contributed by atoms with van der Waals surface area (Å²) in [5, 5.41) is 8.26. The number of nitrogens with one attached hydrogen (secondary N) is 3. The van der Waals surface area contributed by atoms with Crippen LogP contribution in [0.2, 0.25) is 0 Å². The highest BCUT2D eigenvalue weighted by Crippen LogP contribution is 2.28. The second kappa shape index (κ2) is 12.2. The van der Waals surface area contributed by atoms with Crippen LogP contribution in [0, 0.1) is 0 Å². The first-order valence-corrected chi connectivity index (χ1v) is 13.1. The summed E-state index contributed by atoms with van der Waals surface area (Å²) in [5.41, 5.74) is 2.51. The molecular weight excluding hydrogens is 510 g/mol. The lowest BCUT2D eigenvalue weighted by molar-refractivity contribution is 0.0546. The van der Waals surface area contributed by atoms with E-state index in [0.29, 0.717) is 54.0 Å². The summed E-state index contributed by atoms with van der Waals surface area (Å²) in [5.74, 6) is 0.155. The smallest absolute Gasteiger partial charge is 0.333 e. The van der Waals surface area contributed by atoms with Crippen LogP contribution in [0.25, 0.3) is 16.2 Å². The Kier molecular flexibility index (Phi) is 8.28. The van der Waals surface area contributed by atoms with Crippen molar-refractivity contribution < 1.29 is 19.0 Å². The largest absolute Gasteiger partial charge is 0.489 e. The molecule has 0 bridgehead atoms. The Labute approximate surface area is 222 Å². The number of nitrogens with zero attached hydrogens (tertiary/aromatic N) is 4. The number of pyridine rings is 1. The summed E-state index contributed by atoms with van der Waals surface area (Å²) in [6.45, 7) is 5.13. The van der Waals surface area contributed by atoms with Gasteiger partial charge in [-0.3, -0.25) is 9.78 Å². The average molecular weight is 540 g/mol. The Morgan fingerprint density at radius 1 is 1.16 bits per heavy atom. The number of anilines is 2. The summed E-state index contributed by atoms with van der Waals surface area (Å²) in [6, 6.07) is 7.27. The van der Waals surface area contributed by atoms with Gasteiger partial charge in [-0.2, -0.15) is 0 Å². The molecule has 12 nitrogen and oxygen atoms in total. The number of carbonyl (C=O) groups is 1. The fraction of sp³-hybridized carbons (Fsp3) is 0.360. The molecule has 0 radical (unpaired) electrons. The summed E-state index contributed by atoms with van der Waals surface area (Å²) < 4.78 is 17.7. The van der Waals surface area contributed by atoms with Gasteiger partial charge in [0.25, 0.3) is 5.91 Å². The van der Waals surface area contributed by atoms with Crippen molar-refractivity contribution in [3.63, 3.8) is 0 Å². The number of carbonyl (C=O) groups excluding carboxylic acids is 1. The van der Waals surface area contributed by atoms with E-state index in [0.717, 1.165) is 31.9 Å². The van der Waals surface area contributed by atoms with Crippen LogP contribution in [0.3, 0.4) is 0 Å². The first-order valence-electron chi connectivity index (χ1n) is 12.3. The van der Waals surface area contributed by atoms with Gasteiger partial charge in [0.15, 0.2) is 5.13 Å². The van der Waals surface area contributed by atoms with Gasteiger partial charge in [0.2, 0.25) is 0 Å². The van der Waals surface area contributed by atoms with Crippen LogP contribution in [0.15, 0.2) is 46.8 Å². The zero-order valence-electron chi connectivity index (χ0n) is 20.9. The van der Waals surface area contributed by atoms with Gasteiger partial charge >= 0.3 is 5.69 Å². The molecule has 38 heavy (non-hydrogen) atoms. The van der Waals surface area contributed by atoms with E-state index in [4.69, 9.17) is 14.2 Å². The SMILES string of the molecule is COCCOCCOc1cccc2c1[nH]c(=O)n2-c1nc(C(=O)Nc2cnccc2N2CCNCC2)cs1. The lowest BCUT2D eigenvalue weighted by atomic mass is 10.2. The monoisotopic (exact) mass is 539 g/mol. The Morgan fingerprint density at radius 2 is 2.00 bits per heavy atom. The van der Waals surface area contributed by atoms with Crippen molar-refractivity contribution in [3.8, 4) is 10.9 Å². The lowest BCUT2D eigenvalue weighted by Crippen LogP contribution is -2.43. The zero-order chi connectivity index (χ0) is 26.3. The molecule has 0 saturated carbocycles. The van der Waals surface area contributed by atoms with Gasteiger partial charge in [0.1, 0.15) is 23.6 Å². The molecule has 1 aromatic carbocycles. The van der Waals surface area contributed by atoms with E-state index in [9.17, 15) is 9.59 Å². The van der Waals surface area contributed by atoms with E-state index in [-0.39, 0.29) is 17.3 Å². The average Bonchev–Trinajstić information content (AvgIpc) is 3.56. The van der Waals surface area contributed by atoms with Crippen molar-refractivity contribution in [3.05, 3.63) is 58.2 Å². The van der Waals surface area contributed by atoms with Crippen LogP contribution >= 0.6 is 11.3 Å². The second-order valence-electron chi connectivity index (χ2n) is 8.47. The molecule has 1 amide bonds. The highest BCUT2D eigenvalue weighted by molar-refractivity contribution is 7.12. The number of ether oxygens (including phenoxy) is 3. The Hall–Kier alpha value is -3.78. The number of aromatic nitrogens is 4. The predicted molar refractivity (Wildman–Crippen MR) is 145 cm³/mol. The van der Waals surface area contributed by atoms with Gasteiger partial charge in [-0.15, -0.1) is 11.3 Å². The number of methoxy groups -OCH3 is 1. The summed E-state index contributed by atoms with van der Waals surface area (Å²) in [6.07, 6.45) is 3.35. The molecule has 0 aliphatic carbocycles.